The molecule has 122 valence electrons. The van der Waals surface area contributed by atoms with E-state index in [-0.39, 0.29) is 37.0 Å². The number of carbonyl (C=O) groups excluding carboxylic acids is 1. The molecule has 1 heterocycles. The number of rotatable bonds is 6. The molecule has 5 nitrogen and oxygen atoms in total. The summed E-state index contributed by atoms with van der Waals surface area (Å²) in [7, 11) is 1.61. The molecule has 2 rings (SSSR count). The first-order valence-electron chi connectivity index (χ1n) is 7.57. The first-order chi connectivity index (χ1) is 10.6. The van der Waals surface area contributed by atoms with Gasteiger partial charge in [0.15, 0.2) is 6.29 Å². The van der Waals surface area contributed by atoms with E-state index in [4.69, 9.17) is 18.9 Å². The SMILES string of the molecule is CO[C@@H]1OC(COC(C)=O)C[C@H](OCc2ccccc2)C1C. The summed E-state index contributed by atoms with van der Waals surface area (Å²) in [6.45, 7) is 4.22. The predicted octanol–water partition coefficient (Wildman–Crippen LogP) is 2.53. The van der Waals surface area contributed by atoms with Crippen molar-refractivity contribution in [3.63, 3.8) is 0 Å². The summed E-state index contributed by atoms with van der Waals surface area (Å²) in [6, 6.07) is 10.0. The normalized spacial score (nSPS) is 28.3. The highest BCUT2D eigenvalue weighted by Gasteiger charge is 2.37. The average Bonchev–Trinajstić information content (AvgIpc) is 2.53. The van der Waals surface area contributed by atoms with Crippen molar-refractivity contribution in [3.05, 3.63) is 35.9 Å². The minimum absolute atomic E-state index is 0.000496. The molecule has 1 aromatic rings. The van der Waals surface area contributed by atoms with Crippen LogP contribution < -0.4 is 0 Å². The molecule has 1 saturated heterocycles. The molecule has 0 spiro atoms. The molecule has 1 aromatic carbocycles. The van der Waals surface area contributed by atoms with Gasteiger partial charge in [-0.1, -0.05) is 37.3 Å². The van der Waals surface area contributed by atoms with Crippen molar-refractivity contribution in [3.8, 4) is 0 Å². The molecular formula is C17H24O5. The molecule has 2 unspecified atom stereocenters. The van der Waals surface area contributed by atoms with Crippen molar-refractivity contribution in [1.29, 1.82) is 0 Å². The number of hydrogen-bond acceptors (Lipinski definition) is 5. The Morgan fingerprint density at radius 3 is 2.68 bits per heavy atom. The molecule has 1 aliphatic rings. The van der Waals surface area contributed by atoms with Crippen molar-refractivity contribution >= 4 is 5.97 Å². The first-order valence-corrected chi connectivity index (χ1v) is 7.57. The van der Waals surface area contributed by atoms with Gasteiger partial charge in [0.2, 0.25) is 0 Å². The van der Waals surface area contributed by atoms with Crippen molar-refractivity contribution in [1.82, 2.24) is 0 Å². The molecule has 5 heteroatoms. The van der Waals surface area contributed by atoms with Gasteiger partial charge in [-0.2, -0.15) is 0 Å². The van der Waals surface area contributed by atoms with Gasteiger partial charge in [0.1, 0.15) is 6.61 Å². The predicted molar refractivity (Wildman–Crippen MR) is 81.1 cm³/mol. The van der Waals surface area contributed by atoms with Crippen LogP contribution in [0, 0.1) is 5.92 Å². The lowest BCUT2D eigenvalue weighted by atomic mass is 9.95. The molecule has 1 fully saturated rings. The largest absolute Gasteiger partial charge is 0.463 e. The van der Waals surface area contributed by atoms with Crippen LogP contribution in [-0.2, 0) is 30.3 Å². The zero-order valence-electron chi connectivity index (χ0n) is 13.4. The lowest BCUT2D eigenvalue weighted by Gasteiger charge is -2.39. The van der Waals surface area contributed by atoms with E-state index < -0.39 is 0 Å². The average molecular weight is 308 g/mol. The first kappa shape index (κ1) is 16.9. The highest BCUT2D eigenvalue weighted by Crippen LogP contribution is 2.29. The lowest BCUT2D eigenvalue weighted by molar-refractivity contribution is -0.249. The van der Waals surface area contributed by atoms with Gasteiger partial charge in [0.05, 0.1) is 18.8 Å². The van der Waals surface area contributed by atoms with Crippen molar-refractivity contribution in [2.45, 2.75) is 45.4 Å². The minimum atomic E-state index is -0.352. The monoisotopic (exact) mass is 308 g/mol. The van der Waals surface area contributed by atoms with Crippen LogP contribution >= 0.6 is 0 Å². The third-order valence-electron chi connectivity index (χ3n) is 3.85. The maximum absolute atomic E-state index is 11.0. The Bertz CT molecular complexity index is 461. The van der Waals surface area contributed by atoms with E-state index in [0.717, 1.165) is 5.56 Å². The zero-order valence-corrected chi connectivity index (χ0v) is 13.4. The van der Waals surface area contributed by atoms with E-state index in [1.54, 1.807) is 7.11 Å². The Hall–Kier alpha value is -1.43. The molecule has 0 radical (unpaired) electrons. The maximum atomic E-state index is 11.0. The summed E-state index contributed by atoms with van der Waals surface area (Å²) >= 11 is 0. The second kappa shape index (κ2) is 8.27. The fourth-order valence-corrected chi connectivity index (χ4v) is 2.60. The van der Waals surface area contributed by atoms with Gasteiger partial charge in [0, 0.05) is 26.4 Å². The van der Waals surface area contributed by atoms with Gasteiger partial charge >= 0.3 is 5.97 Å². The van der Waals surface area contributed by atoms with E-state index in [2.05, 4.69) is 0 Å². The third kappa shape index (κ3) is 4.80. The number of hydrogen-bond donors (Lipinski definition) is 0. The van der Waals surface area contributed by atoms with E-state index in [1.165, 1.54) is 6.92 Å². The Morgan fingerprint density at radius 1 is 1.32 bits per heavy atom. The highest BCUT2D eigenvalue weighted by atomic mass is 16.7. The Kier molecular flexibility index (Phi) is 6.36. The van der Waals surface area contributed by atoms with Crippen LogP contribution in [0.25, 0.3) is 0 Å². The fraction of sp³-hybridized carbons (Fsp3) is 0.588. The van der Waals surface area contributed by atoms with E-state index in [0.29, 0.717) is 13.0 Å². The highest BCUT2D eigenvalue weighted by molar-refractivity contribution is 5.65. The fourth-order valence-electron chi connectivity index (χ4n) is 2.60. The molecule has 0 saturated carbocycles. The van der Waals surface area contributed by atoms with Crippen molar-refractivity contribution < 1.29 is 23.7 Å². The summed E-state index contributed by atoms with van der Waals surface area (Å²) in [4.78, 5) is 11.0. The second-order valence-electron chi connectivity index (χ2n) is 5.59. The maximum Gasteiger partial charge on any atom is 0.302 e. The summed E-state index contributed by atoms with van der Waals surface area (Å²) in [5, 5.41) is 0. The number of carbonyl (C=O) groups is 1. The van der Waals surface area contributed by atoms with Gasteiger partial charge in [0.25, 0.3) is 0 Å². The molecular weight excluding hydrogens is 284 g/mol. The Labute approximate surface area is 131 Å². The number of esters is 1. The van der Waals surface area contributed by atoms with Crippen LogP contribution in [0.1, 0.15) is 25.8 Å². The summed E-state index contributed by atoms with van der Waals surface area (Å²) in [5.41, 5.74) is 1.13. The minimum Gasteiger partial charge on any atom is -0.463 e. The zero-order chi connectivity index (χ0) is 15.9. The van der Waals surface area contributed by atoms with Crippen LogP contribution in [0.5, 0.6) is 0 Å². The van der Waals surface area contributed by atoms with E-state index in [9.17, 15) is 4.79 Å². The van der Waals surface area contributed by atoms with Gasteiger partial charge in [-0.05, 0) is 5.56 Å². The third-order valence-corrected chi connectivity index (χ3v) is 3.85. The van der Waals surface area contributed by atoms with Crippen LogP contribution in [0.2, 0.25) is 0 Å². The van der Waals surface area contributed by atoms with Gasteiger partial charge in [-0.25, -0.2) is 0 Å². The molecule has 22 heavy (non-hydrogen) atoms. The number of ether oxygens (including phenoxy) is 4. The molecule has 1 aliphatic heterocycles. The van der Waals surface area contributed by atoms with Crippen LogP contribution in [0.15, 0.2) is 30.3 Å². The molecule has 0 N–H and O–H groups in total. The van der Waals surface area contributed by atoms with Gasteiger partial charge in [-0.3, -0.25) is 4.79 Å². The summed E-state index contributed by atoms with van der Waals surface area (Å²) in [6.07, 6.45) is 0.126. The van der Waals surface area contributed by atoms with Crippen LogP contribution in [0.4, 0.5) is 0 Å². The topological polar surface area (TPSA) is 54.0 Å². The van der Waals surface area contributed by atoms with Gasteiger partial charge in [-0.15, -0.1) is 0 Å². The Morgan fingerprint density at radius 2 is 2.05 bits per heavy atom. The van der Waals surface area contributed by atoms with Gasteiger partial charge < -0.3 is 18.9 Å². The standard InChI is InChI=1S/C17H24O5/c1-12-16(21-10-14-7-5-4-6-8-14)9-15(11-20-13(2)18)22-17(12)19-3/h4-8,12,15-17H,9-11H2,1-3H3/t12?,15?,16-,17+/m0/s1. The van der Waals surface area contributed by atoms with E-state index >= 15 is 0 Å². The second-order valence-corrected chi connectivity index (χ2v) is 5.59. The molecule has 4 atom stereocenters. The van der Waals surface area contributed by atoms with Crippen molar-refractivity contribution in [2.75, 3.05) is 13.7 Å². The van der Waals surface area contributed by atoms with E-state index in [1.807, 2.05) is 37.3 Å². The molecule has 0 aromatic heterocycles. The molecule has 0 aliphatic carbocycles. The summed E-state index contributed by atoms with van der Waals surface area (Å²) < 4.78 is 22.3. The van der Waals surface area contributed by atoms with Crippen LogP contribution in [-0.4, -0.2) is 38.2 Å². The molecule has 0 amide bonds. The lowest BCUT2D eigenvalue weighted by Crippen LogP contribution is -2.46. The number of methoxy groups -OCH3 is 1. The Balaban J connectivity index is 1.93. The smallest absolute Gasteiger partial charge is 0.302 e. The summed E-state index contributed by atoms with van der Waals surface area (Å²) in [5.74, 6) is -0.194. The quantitative estimate of drug-likeness (QED) is 0.756. The van der Waals surface area contributed by atoms with Crippen molar-refractivity contribution in [2.24, 2.45) is 5.92 Å². The number of benzene rings is 1. The van der Waals surface area contributed by atoms with Crippen LogP contribution in [0.3, 0.4) is 0 Å². The molecule has 0 bridgehead atoms.